The van der Waals surface area contributed by atoms with Gasteiger partial charge in [-0.15, -0.1) is 0 Å². The Morgan fingerprint density at radius 2 is 2.41 bits per heavy atom. The average molecular weight is 307 g/mol. The predicted octanol–water partition coefficient (Wildman–Crippen LogP) is 0.476. The van der Waals surface area contributed by atoms with Gasteiger partial charge in [-0.3, -0.25) is 9.78 Å². The maximum absolute atomic E-state index is 12.2. The highest BCUT2D eigenvalue weighted by Gasteiger charge is 2.27. The first-order valence-corrected chi connectivity index (χ1v) is 7.67. The molecule has 0 saturated carbocycles. The van der Waals surface area contributed by atoms with E-state index in [1.165, 1.54) is 0 Å². The van der Waals surface area contributed by atoms with Crippen LogP contribution in [-0.2, 0) is 20.7 Å². The van der Waals surface area contributed by atoms with Crippen molar-refractivity contribution < 1.29 is 14.3 Å². The molecule has 0 bridgehead atoms. The highest BCUT2D eigenvalue weighted by molar-refractivity contribution is 5.78. The summed E-state index contributed by atoms with van der Waals surface area (Å²) in [5.74, 6) is -0.0234. The summed E-state index contributed by atoms with van der Waals surface area (Å²) in [7, 11) is 4.03. The van der Waals surface area contributed by atoms with Crippen molar-refractivity contribution in [1.29, 1.82) is 0 Å². The summed E-state index contributed by atoms with van der Waals surface area (Å²) in [6, 6.07) is 3.65. The third-order valence-electron chi connectivity index (χ3n) is 3.60. The molecule has 2 rings (SSSR count). The number of pyridine rings is 1. The Balaban J connectivity index is 1.81. The lowest BCUT2D eigenvalue weighted by atomic mass is 10.1. The first-order chi connectivity index (χ1) is 10.6. The number of carbonyl (C=O) groups is 1. The second-order valence-corrected chi connectivity index (χ2v) is 5.79. The zero-order chi connectivity index (χ0) is 15.8. The number of amides is 1. The molecule has 0 aliphatic carbocycles. The molecule has 0 unspecified atom stereocenters. The number of hydrogen-bond donors (Lipinski definition) is 1. The zero-order valence-corrected chi connectivity index (χ0v) is 13.3. The normalized spacial score (nSPS) is 21.8. The summed E-state index contributed by atoms with van der Waals surface area (Å²) >= 11 is 0. The Bertz CT molecular complexity index is 453. The van der Waals surface area contributed by atoms with Gasteiger partial charge in [-0.05, 0) is 32.1 Å². The SMILES string of the molecule is CN(C)CCO[C@@H]1CCOC[C@@H]1NC(=O)Cc1cccnc1. The third kappa shape index (κ3) is 5.71. The number of nitrogens with zero attached hydrogens (tertiary/aromatic N) is 2. The van der Waals surface area contributed by atoms with Crippen molar-refractivity contribution in [2.24, 2.45) is 0 Å². The van der Waals surface area contributed by atoms with E-state index >= 15 is 0 Å². The fraction of sp³-hybridized carbons (Fsp3) is 0.625. The molecule has 6 nitrogen and oxygen atoms in total. The predicted molar refractivity (Wildman–Crippen MR) is 83.6 cm³/mol. The van der Waals surface area contributed by atoms with Gasteiger partial charge in [0.15, 0.2) is 0 Å². The standard InChI is InChI=1S/C16H25N3O3/c1-19(2)7-9-22-15-5-8-21-12-14(15)18-16(20)10-13-4-3-6-17-11-13/h3-4,6,11,14-15H,5,7-10,12H2,1-2H3,(H,18,20)/t14-,15+/m0/s1. The van der Waals surface area contributed by atoms with Gasteiger partial charge in [0.05, 0.1) is 31.8 Å². The molecule has 1 saturated heterocycles. The van der Waals surface area contributed by atoms with Crippen LogP contribution in [-0.4, -0.2) is 68.4 Å². The number of rotatable bonds is 7. The Morgan fingerprint density at radius 1 is 1.55 bits per heavy atom. The van der Waals surface area contributed by atoms with Gasteiger partial charge in [0.25, 0.3) is 0 Å². The third-order valence-corrected chi connectivity index (χ3v) is 3.60. The Hall–Kier alpha value is -1.50. The van der Waals surface area contributed by atoms with Crippen LogP contribution in [0, 0.1) is 0 Å². The van der Waals surface area contributed by atoms with Crippen LogP contribution in [0.5, 0.6) is 0 Å². The number of carbonyl (C=O) groups excluding carboxylic acids is 1. The van der Waals surface area contributed by atoms with E-state index in [-0.39, 0.29) is 18.1 Å². The van der Waals surface area contributed by atoms with Crippen LogP contribution in [0.15, 0.2) is 24.5 Å². The number of ether oxygens (including phenoxy) is 2. The first-order valence-electron chi connectivity index (χ1n) is 7.67. The number of hydrogen-bond acceptors (Lipinski definition) is 5. The molecule has 1 aromatic heterocycles. The average Bonchev–Trinajstić information content (AvgIpc) is 2.49. The molecule has 1 aliphatic rings. The van der Waals surface area contributed by atoms with Gasteiger partial charge in [0.2, 0.25) is 5.91 Å². The Labute approximate surface area is 131 Å². The molecule has 1 amide bonds. The number of likely N-dealkylation sites (N-methyl/N-ethyl adjacent to an activating group) is 1. The fourth-order valence-electron chi connectivity index (χ4n) is 2.38. The van der Waals surface area contributed by atoms with E-state index in [1.54, 1.807) is 12.4 Å². The van der Waals surface area contributed by atoms with E-state index in [0.717, 1.165) is 18.5 Å². The Morgan fingerprint density at radius 3 is 3.14 bits per heavy atom. The minimum absolute atomic E-state index is 0.0200. The van der Waals surface area contributed by atoms with E-state index in [2.05, 4.69) is 15.2 Å². The van der Waals surface area contributed by atoms with Gasteiger partial charge in [0.1, 0.15) is 0 Å². The van der Waals surface area contributed by atoms with E-state index < -0.39 is 0 Å². The van der Waals surface area contributed by atoms with E-state index in [9.17, 15) is 4.79 Å². The van der Waals surface area contributed by atoms with Crippen LogP contribution >= 0.6 is 0 Å². The van der Waals surface area contributed by atoms with Gasteiger partial charge >= 0.3 is 0 Å². The monoisotopic (exact) mass is 307 g/mol. The topological polar surface area (TPSA) is 63.7 Å². The second kappa shape index (κ2) is 8.82. The molecule has 0 aromatic carbocycles. The molecular weight excluding hydrogens is 282 g/mol. The molecule has 122 valence electrons. The summed E-state index contributed by atoms with van der Waals surface area (Å²) < 4.78 is 11.4. The van der Waals surface area contributed by atoms with Crippen molar-refractivity contribution in [3.05, 3.63) is 30.1 Å². The first kappa shape index (κ1) is 16.9. The lowest BCUT2D eigenvalue weighted by Crippen LogP contribution is -2.51. The number of nitrogens with one attached hydrogen (secondary N) is 1. The summed E-state index contributed by atoms with van der Waals surface area (Å²) in [5, 5.41) is 3.03. The van der Waals surface area contributed by atoms with Gasteiger partial charge in [-0.1, -0.05) is 6.07 Å². The van der Waals surface area contributed by atoms with Crippen molar-refractivity contribution in [2.45, 2.75) is 25.0 Å². The highest BCUT2D eigenvalue weighted by Crippen LogP contribution is 2.12. The lowest BCUT2D eigenvalue weighted by molar-refractivity contribution is -0.125. The van der Waals surface area contributed by atoms with Crippen LogP contribution in [0.1, 0.15) is 12.0 Å². The fourth-order valence-corrected chi connectivity index (χ4v) is 2.38. The molecule has 2 heterocycles. The molecule has 1 N–H and O–H groups in total. The summed E-state index contributed by atoms with van der Waals surface area (Å²) in [4.78, 5) is 18.3. The molecule has 0 spiro atoms. The largest absolute Gasteiger partial charge is 0.379 e. The molecule has 1 aliphatic heterocycles. The van der Waals surface area contributed by atoms with Crippen molar-refractivity contribution in [2.75, 3.05) is 40.5 Å². The molecule has 1 aromatic rings. The Kier molecular flexibility index (Phi) is 6.76. The van der Waals surface area contributed by atoms with Crippen molar-refractivity contribution in [1.82, 2.24) is 15.2 Å². The van der Waals surface area contributed by atoms with Gasteiger partial charge in [0, 0.05) is 25.5 Å². The molecule has 6 heteroatoms. The van der Waals surface area contributed by atoms with E-state index in [4.69, 9.17) is 9.47 Å². The van der Waals surface area contributed by atoms with Crippen LogP contribution in [0.4, 0.5) is 0 Å². The van der Waals surface area contributed by atoms with Crippen LogP contribution in [0.2, 0.25) is 0 Å². The van der Waals surface area contributed by atoms with Crippen molar-refractivity contribution in [3.63, 3.8) is 0 Å². The van der Waals surface area contributed by atoms with Crippen LogP contribution in [0.3, 0.4) is 0 Å². The lowest BCUT2D eigenvalue weighted by Gasteiger charge is -2.32. The molecule has 22 heavy (non-hydrogen) atoms. The van der Waals surface area contributed by atoms with Crippen LogP contribution in [0.25, 0.3) is 0 Å². The zero-order valence-electron chi connectivity index (χ0n) is 13.3. The highest BCUT2D eigenvalue weighted by atomic mass is 16.5. The maximum Gasteiger partial charge on any atom is 0.224 e. The minimum Gasteiger partial charge on any atom is -0.379 e. The van der Waals surface area contributed by atoms with Gasteiger partial charge < -0.3 is 19.7 Å². The van der Waals surface area contributed by atoms with Crippen molar-refractivity contribution >= 4 is 5.91 Å². The molecular formula is C16H25N3O3. The van der Waals surface area contributed by atoms with E-state index in [0.29, 0.717) is 26.2 Å². The molecule has 0 radical (unpaired) electrons. The number of aromatic nitrogens is 1. The smallest absolute Gasteiger partial charge is 0.224 e. The van der Waals surface area contributed by atoms with Crippen molar-refractivity contribution in [3.8, 4) is 0 Å². The van der Waals surface area contributed by atoms with Gasteiger partial charge in [-0.2, -0.15) is 0 Å². The summed E-state index contributed by atoms with van der Waals surface area (Å²) in [5.41, 5.74) is 0.904. The molecule has 2 atom stereocenters. The second-order valence-electron chi connectivity index (χ2n) is 5.79. The summed E-state index contributed by atoms with van der Waals surface area (Å²) in [6.45, 7) is 2.72. The quantitative estimate of drug-likeness (QED) is 0.794. The maximum atomic E-state index is 12.2. The van der Waals surface area contributed by atoms with Gasteiger partial charge in [-0.25, -0.2) is 0 Å². The van der Waals surface area contributed by atoms with E-state index in [1.807, 2.05) is 26.2 Å². The van der Waals surface area contributed by atoms with Crippen LogP contribution < -0.4 is 5.32 Å². The molecule has 1 fully saturated rings. The minimum atomic E-state index is -0.0833. The summed E-state index contributed by atoms with van der Waals surface area (Å²) in [6.07, 6.45) is 4.57.